The molecule has 0 aliphatic carbocycles. The molecular formula is C16H22N4O2S. The Morgan fingerprint density at radius 1 is 1.57 bits per heavy atom. The topological polar surface area (TPSA) is 70.2 Å². The van der Waals surface area contributed by atoms with Gasteiger partial charge in [-0.25, -0.2) is 4.98 Å². The van der Waals surface area contributed by atoms with Crippen LogP contribution in [-0.4, -0.2) is 53.6 Å². The van der Waals surface area contributed by atoms with Crippen molar-refractivity contribution in [2.24, 2.45) is 0 Å². The van der Waals surface area contributed by atoms with Gasteiger partial charge in [0.2, 0.25) is 0 Å². The van der Waals surface area contributed by atoms with Gasteiger partial charge in [-0.2, -0.15) is 0 Å². The molecule has 6 nitrogen and oxygen atoms in total. The summed E-state index contributed by atoms with van der Waals surface area (Å²) in [5, 5.41) is 5.58. The van der Waals surface area contributed by atoms with Gasteiger partial charge in [0.15, 0.2) is 0 Å². The fraction of sp³-hybridized carbons (Fsp3) is 0.500. The minimum Gasteiger partial charge on any atom is -0.364 e. The molecule has 0 bridgehead atoms. The van der Waals surface area contributed by atoms with Crippen molar-refractivity contribution in [3.8, 4) is 0 Å². The second-order valence-electron chi connectivity index (χ2n) is 5.89. The van der Waals surface area contributed by atoms with Crippen molar-refractivity contribution >= 4 is 17.2 Å². The van der Waals surface area contributed by atoms with Crippen molar-refractivity contribution in [1.29, 1.82) is 0 Å². The Labute approximate surface area is 139 Å². The molecule has 0 radical (unpaired) electrons. The van der Waals surface area contributed by atoms with E-state index in [1.54, 1.807) is 36.5 Å². The standard InChI is InChI=1S/C16H22N4O2S/c1-20(2)16(21)12-6-5-11(22-12)10-19-14(13-4-3-9-23-13)15-17-7-8-18-15/h3-4,7-9,11-12,14,19H,5-6,10H2,1-2H3,(H,17,18)/t11-,12-,14+/m0/s1. The zero-order valence-electron chi connectivity index (χ0n) is 13.4. The smallest absolute Gasteiger partial charge is 0.251 e. The lowest BCUT2D eigenvalue weighted by atomic mass is 10.1. The normalized spacial score (nSPS) is 22.2. The number of H-pyrrole nitrogens is 1. The third-order valence-electron chi connectivity index (χ3n) is 3.99. The van der Waals surface area contributed by atoms with E-state index < -0.39 is 0 Å². The first kappa shape index (κ1) is 16.2. The van der Waals surface area contributed by atoms with Crippen LogP contribution in [0, 0.1) is 0 Å². The predicted molar refractivity (Wildman–Crippen MR) is 89.3 cm³/mol. The molecule has 3 rings (SSSR count). The maximum atomic E-state index is 12.0. The second kappa shape index (κ2) is 7.25. The third kappa shape index (κ3) is 3.80. The number of amides is 1. The fourth-order valence-corrected chi connectivity index (χ4v) is 3.60. The van der Waals surface area contributed by atoms with Crippen molar-refractivity contribution in [1.82, 2.24) is 20.2 Å². The largest absolute Gasteiger partial charge is 0.364 e. The number of hydrogen-bond acceptors (Lipinski definition) is 5. The number of nitrogens with zero attached hydrogens (tertiary/aromatic N) is 2. The van der Waals surface area contributed by atoms with Crippen molar-refractivity contribution in [3.05, 3.63) is 40.6 Å². The van der Waals surface area contributed by atoms with E-state index in [4.69, 9.17) is 4.74 Å². The summed E-state index contributed by atoms with van der Waals surface area (Å²) in [5.74, 6) is 0.944. The van der Waals surface area contributed by atoms with Crippen LogP contribution in [0.25, 0.3) is 0 Å². The Bertz CT molecular complexity index is 578. The number of carbonyl (C=O) groups is 1. The molecule has 0 saturated carbocycles. The van der Waals surface area contributed by atoms with Crippen LogP contribution in [0.1, 0.15) is 29.6 Å². The molecule has 0 aromatic carbocycles. The molecule has 1 fully saturated rings. The van der Waals surface area contributed by atoms with E-state index in [1.807, 2.05) is 12.3 Å². The Morgan fingerprint density at radius 2 is 2.43 bits per heavy atom. The first-order chi connectivity index (χ1) is 11.1. The lowest BCUT2D eigenvalue weighted by molar-refractivity contribution is -0.140. The van der Waals surface area contributed by atoms with Gasteiger partial charge in [0.1, 0.15) is 18.0 Å². The Morgan fingerprint density at radius 3 is 3.09 bits per heavy atom. The van der Waals surface area contributed by atoms with Crippen molar-refractivity contribution in [2.45, 2.75) is 31.1 Å². The summed E-state index contributed by atoms with van der Waals surface area (Å²) < 4.78 is 5.89. The summed E-state index contributed by atoms with van der Waals surface area (Å²) in [4.78, 5) is 22.3. The van der Waals surface area contributed by atoms with Gasteiger partial charge in [0, 0.05) is 37.9 Å². The van der Waals surface area contributed by atoms with Crippen LogP contribution >= 0.6 is 11.3 Å². The van der Waals surface area contributed by atoms with Gasteiger partial charge in [-0.05, 0) is 24.3 Å². The van der Waals surface area contributed by atoms with Crippen LogP contribution < -0.4 is 5.32 Å². The predicted octanol–water partition coefficient (Wildman–Crippen LogP) is 1.79. The highest BCUT2D eigenvalue weighted by atomic mass is 32.1. The molecule has 2 aromatic rings. The van der Waals surface area contributed by atoms with E-state index >= 15 is 0 Å². The van der Waals surface area contributed by atoms with Crippen molar-refractivity contribution in [3.63, 3.8) is 0 Å². The first-order valence-electron chi connectivity index (χ1n) is 7.78. The number of imidazole rings is 1. The number of thiophene rings is 1. The van der Waals surface area contributed by atoms with E-state index in [9.17, 15) is 4.79 Å². The molecule has 1 aliphatic rings. The molecular weight excluding hydrogens is 312 g/mol. The molecule has 0 spiro atoms. The summed E-state index contributed by atoms with van der Waals surface area (Å²) in [6, 6.07) is 4.16. The van der Waals surface area contributed by atoms with Gasteiger partial charge in [-0.15, -0.1) is 11.3 Å². The molecule has 2 aromatic heterocycles. The SMILES string of the molecule is CN(C)C(=O)[C@@H]1CC[C@@H](CN[C@@H](c2ncc[nH]2)c2cccs2)O1. The van der Waals surface area contributed by atoms with Gasteiger partial charge in [0.05, 0.1) is 6.10 Å². The average molecular weight is 334 g/mol. The van der Waals surface area contributed by atoms with E-state index in [-0.39, 0.29) is 24.2 Å². The first-order valence-corrected chi connectivity index (χ1v) is 8.66. The minimum absolute atomic E-state index is 0.0252. The van der Waals surface area contributed by atoms with Gasteiger partial charge in [-0.1, -0.05) is 6.07 Å². The molecule has 124 valence electrons. The quantitative estimate of drug-likeness (QED) is 0.845. The van der Waals surface area contributed by atoms with Crippen LogP contribution in [0.5, 0.6) is 0 Å². The number of aromatic amines is 1. The average Bonchev–Trinajstić information content (AvgIpc) is 3.29. The van der Waals surface area contributed by atoms with Crippen LogP contribution in [0.2, 0.25) is 0 Å². The number of likely N-dealkylation sites (N-methyl/N-ethyl adjacent to an activating group) is 1. The van der Waals surface area contributed by atoms with E-state index in [2.05, 4.69) is 26.7 Å². The summed E-state index contributed by atoms with van der Waals surface area (Å²) in [6.07, 6.45) is 5.02. The maximum absolute atomic E-state index is 12.0. The van der Waals surface area contributed by atoms with Gasteiger partial charge < -0.3 is 19.9 Å². The highest BCUT2D eigenvalue weighted by Crippen LogP contribution is 2.25. The monoisotopic (exact) mass is 334 g/mol. The number of hydrogen-bond donors (Lipinski definition) is 2. The fourth-order valence-electron chi connectivity index (χ4n) is 2.80. The van der Waals surface area contributed by atoms with E-state index in [0.29, 0.717) is 6.54 Å². The molecule has 1 saturated heterocycles. The summed E-state index contributed by atoms with van der Waals surface area (Å²) in [5.41, 5.74) is 0. The van der Waals surface area contributed by atoms with Crippen LogP contribution in [0.15, 0.2) is 29.9 Å². The van der Waals surface area contributed by atoms with Crippen LogP contribution in [0.3, 0.4) is 0 Å². The van der Waals surface area contributed by atoms with Crippen molar-refractivity contribution < 1.29 is 9.53 Å². The van der Waals surface area contributed by atoms with Crippen molar-refractivity contribution in [2.75, 3.05) is 20.6 Å². The lowest BCUT2D eigenvalue weighted by Gasteiger charge is -2.20. The molecule has 1 amide bonds. The minimum atomic E-state index is -0.305. The summed E-state index contributed by atoms with van der Waals surface area (Å²) >= 11 is 1.70. The number of rotatable bonds is 6. The number of carbonyl (C=O) groups excluding carboxylic acids is 1. The second-order valence-corrected chi connectivity index (χ2v) is 6.87. The molecule has 1 aliphatic heterocycles. The zero-order valence-corrected chi connectivity index (χ0v) is 14.2. The molecule has 7 heteroatoms. The molecule has 23 heavy (non-hydrogen) atoms. The van der Waals surface area contributed by atoms with Crippen LogP contribution in [-0.2, 0) is 9.53 Å². The van der Waals surface area contributed by atoms with Gasteiger partial charge in [0.25, 0.3) is 5.91 Å². The lowest BCUT2D eigenvalue weighted by Crippen LogP contribution is -2.36. The van der Waals surface area contributed by atoms with E-state index in [1.165, 1.54) is 4.88 Å². The number of nitrogens with one attached hydrogen (secondary N) is 2. The van der Waals surface area contributed by atoms with Crippen LogP contribution in [0.4, 0.5) is 0 Å². The zero-order chi connectivity index (χ0) is 16.2. The Balaban J connectivity index is 1.59. The Hall–Kier alpha value is -1.70. The summed E-state index contributed by atoms with van der Waals surface area (Å²) in [7, 11) is 3.53. The highest BCUT2D eigenvalue weighted by molar-refractivity contribution is 7.10. The van der Waals surface area contributed by atoms with Gasteiger partial charge >= 0.3 is 0 Å². The third-order valence-corrected chi connectivity index (χ3v) is 4.93. The molecule has 3 heterocycles. The summed E-state index contributed by atoms with van der Waals surface area (Å²) in [6.45, 7) is 0.695. The van der Waals surface area contributed by atoms with Gasteiger partial charge in [-0.3, -0.25) is 4.79 Å². The molecule has 2 N–H and O–H groups in total. The highest BCUT2D eigenvalue weighted by Gasteiger charge is 2.32. The number of aromatic nitrogens is 2. The molecule has 0 unspecified atom stereocenters. The molecule has 3 atom stereocenters. The van der Waals surface area contributed by atoms with E-state index in [0.717, 1.165) is 18.7 Å². The Kier molecular flexibility index (Phi) is 5.09. The maximum Gasteiger partial charge on any atom is 0.251 e. The number of ether oxygens (including phenoxy) is 1.